The fourth-order valence-corrected chi connectivity index (χ4v) is 7.01. The van der Waals surface area contributed by atoms with Crippen molar-refractivity contribution in [2.45, 2.75) is 44.6 Å². The maximum Gasteiger partial charge on any atom is 0.421 e. The van der Waals surface area contributed by atoms with Crippen LogP contribution in [0.3, 0.4) is 0 Å². The van der Waals surface area contributed by atoms with E-state index in [1.54, 1.807) is 48.5 Å². The van der Waals surface area contributed by atoms with Gasteiger partial charge in [-0.3, -0.25) is 24.2 Å². The fraction of sp³-hybridized carbons (Fsp3) is 0.351. The Labute approximate surface area is 316 Å². The minimum absolute atomic E-state index is 0.0442. The van der Waals surface area contributed by atoms with Crippen LogP contribution in [0.2, 0.25) is 0 Å². The van der Waals surface area contributed by atoms with Crippen LogP contribution in [0.5, 0.6) is 0 Å². The van der Waals surface area contributed by atoms with Gasteiger partial charge in [0.2, 0.25) is 21.9 Å². The van der Waals surface area contributed by atoms with Gasteiger partial charge in [0.05, 0.1) is 11.9 Å². The van der Waals surface area contributed by atoms with E-state index in [1.165, 1.54) is 18.0 Å². The number of anilines is 6. The molecule has 4 aromatic rings. The number of nitrogens with zero attached hydrogens (tertiary/aromatic N) is 6. The second kappa shape index (κ2) is 16.1. The van der Waals surface area contributed by atoms with Crippen molar-refractivity contribution in [2.24, 2.45) is 0 Å². The quantitative estimate of drug-likeness (QED) is 0.148. The van der Waals surface area contributed by atoms with Gasteiger partial charge in [-0.2, -0.15) is 18.2 Å². The van der Waals surface area contributed by atoms with E-state index in [0.717, 1.165) is 42.2 Å². The van der Waals surface area contributed by atoms with Crippen molar-refractivity contribution >= 4 is 56.5 Å². The van der Waals surface area contributed by atoms with Crippen LogP contribution in [0.1, 0.15) is 36.0 Å². The Kier molecular flexibility index (Phi) is 11.5. The van der Waals surface area contributed by atoms with Gasteiger partial charge in [-0.1, -0.05) is 18.2 Å². The number of piperidine rings is 1. The number of halogens is 4. The number of benzene rings is 3. The van der Waals surface area contributed by atoms with Crippen LogP contribution in [-0.4, -0.2) is 81.3 Å². The number of hydrogen-bond acceptors (Lipinski definition) is 10. The molecule has 0 saturated carbocycles. The molecule has 1 aromatic heterocycles. The molecule has 55 heavy (non-hydrogen) atoms. The van der Waals surface area contributed by atoms with Crippen LogP contribution in [0, 0.1) is 5.82 Å². The molecule has 2 aliphatic rings. The number of sulfonamides is 1. The predicted octanol–water partition coefficient (Wildman–Crippen LogP) is 5.93. The van der Waals surface area contributed by atoms with Crippen molar-refractivity contribution in [3.63, 3.8) is 0 Å². The summed E-state index contributed by atoms with van der Waals surface area (Å²) in [4.78, 5) is 37.3. The van der Waals surface area contributed by atoms with Gasteiger partial charge >= 0.3 is 12.2 Å². The molecule has 3 amide bonds. The maximum atomic E-state index is 15.1. The third-order valence-corrected chi connectivity index (χ3v) is 10.9. The highest BCUT2D eigenvalue weighted by molar-refractivity contribution is 7.92. The van der Waals surface area contributed by atoms with E-state index >= 15 is 4.39 Å². The van der Waals surface area contributed by atoms with Crippen LogP contribution >= 0.6 is 0 Å². The predicted molar refractivity (Wildman–Crippen MR) is 202 cm³/mol. The zero-order valence-corrected chi connectivity index (χ0v) is 31.2. The standard InChI is InChI=1S/C37H41F4N9O4S/c1-47(23-25-7-10-30(20-32(25)38)50-18-15-33(51)45-36(50)52)27-13-16-49(17-14-27)28-11-8-26(9-12-28)44-35-43-22-31(37(39,40)41)34(46-35)42-21-24-5-4-6-29(19-24)48(2)55(3,53)54/h4-12,19-20,22,27H,13-18,21,23H2,1-3H3,(H,45,51,52)(H2,42,43,44,46). The minimum Gasteiger partial charge on any atom is -0.371 e. The third kappa shape index (κ3) is 9.61. The zero-order valence-electron chi connectivity index (χ0n) is 30.4. The number of hydrogen-bond donors (Lipinski definition) is 3. The zero-order chi connectivity index (χ0) is 39.5. The molecule has 2 saturated heterocycles. The fourth-order valence-electron chi connectivity index (χ4n) is 6.51. The summed E-state index contributed by atoms with van der Waals surface area (Å²) >= 11 is 0. The molecule has 0 aliphatic carbocycles. The number of rotatable bonds is 12. The first-order chi connectivity index (χ1) is 26.0. The summed E-state index contributed by atoms with van der Waals surface area (Å²) in [5.74, 6) is -1.24. The van der Waals surface area contributed by atoms with Gasteiger partial charge in [0, 0.05) is 81.1 Å². The highest BCUT2D eigenvalue weighted by Crippen LogP contribution is 2.35. The van der Waals surface area contributed by atoms with Gasteiger partial charge < -0.3 is 15.5 Å². The van der Waals surface area contributed by atoms with E-state index < -0.39 is 39.4 Å². The summed E-state index contributed by atoms with van der Waals surface area (Å²) in [5, 5.41) is 7.95. The molecule has 0 unspecified atom stereocenters. The summed E-state index contributed by atoms with van der Waals surface area (Å²) in [6.45, 7) is 2.05. The molecule has 0 spiro atoms. The average Bonchev–Trinajstić information content (AvgIpc) is 3.14. The topological polar surface area (TPSA) is 143 Å². The Hall–Kier alpha value is -5.49. The van der Waals surface area contributed by atoms with Crippen LogP contribution < -0.4 is 30.1 Å². The molecule has 18 heteroatoms. The van der Waals surface area contributed by atoms with E-state index in [2.05, 4.69) is 35.7 Å². The highest BCUT2D eigenvalue weighted by atomic mass is 32.2. The van der Waals surface area contributed by atoms with Crippen LogP contribution in [0.4, 0.5) is 56.9 Å². The molecule has 3 N–H and O–H groups in total. The van der Waals surface area contributed by atoms with E-state index in [-0.39, 0.29) is 37.4 Å². The summed E-state index contributed by atoms with van der Waals surface area (Å²) in [6, 6.07) is 18.2. The Bertz CT molecular complexity index is 2150. The Balaban J connectivity index is 1.04. The first-order valence-corrected chi connectivity index (χ1v) is 19.3. The number of alkyl halides is 3. The highest BCUT2D eigenvalue weighted by Gasteiger charge is 2.35. The van der Waals surface area contributed by atoms with Gasteiger partial charge in [0.15, 0.2) is 0 Å². The third-order valence-electron chi connectivity index (χ3n) is 9.72. The molecule has 13 nitrogen and oxygen atoms in total. The van der Waals surface area contributed by atoms with Crippen molar-refractivity contribution in [1.82, 2.24) is 20.2 Å². The summed E-state index contributed by atoms with van der Waals surface area (Å²) < 4.78 is 81.7. The molecular weight excluding hydrogens is 743 g/mol. The summed E-state index contributed by atoms with van der Waals surface area (Å²) in [5.41, 5.74) is 2.32. The van der Waals surface area contributed by atoms with Crippen LogP contribution in [0.25, 0.3) is 0 Å². The number of imide groups is 1. The molecule has 3 aromatic carbocycles. The van der Waals surface area contributed by atoms with Gasteiger partial charge in [-0.25, -0.2) is 22.6 Å². The van der Waals surface area contributed by atoms with Gasteiger partial charge in [-0.15, -0.1) is 0 Å². The Morgan fingerprint density at radius 2 is 1.67 bits per heavy atom. The summed E-state index contributed by atoms with van der Waals surface area (Å²) in [7, 11) is -0.179. The smallest absolute Gasteiger partial charge is 0.371 e. The van der Waals surface area contributed by atoms with Crippen LogP contribution in [-0.2, 0) is 34.1 Å². The maximum absolute atomic E-state index is 15.1. The number of carbonyl (C=O) groups is 2. The molecule has 6 rings (SSSR count). The number of aromatic nitrogens is 2. The first kappa shape index (κ1) is 39.2. The van der Waals surface area contributed by atoms with E-state index in [4.69, 9.17) is 0 Å². The van der Waals surface area contributed by atoms with Crippen molar-refractivity contribution in [3.05, 3.63) is 95.4 Å². The lowest BCUT2D eigenvalue weighted by Crippen LogP contribution is -2.49. The molecule has 0 atom stereocenters. The van der Waals surface area contributed by atoms with Crippen molar-refractivity contribution in [3.8, 4) is 0 Å². The number of carbonyl (C=O) groups excluding carboxylic acids is 2. The molecule has 2 fully saturated rings. The Morgan fingerprint density at radius 3 is 2.33 bits per heavy atom. The lowest BCUT2D eigenvalue weighted by molar-refractivity contribution is -0.137. The number of nitrogens with one attached hydrogen (secondary N) is 3. The first-order valence-electron chi connectivity index (χ1n) is 17.5. The second-order valence-corrected chi connectivity index (χ2v) is 15.6. The van der Waals surface area contributed by atoms with E-state index in [0.29, 0.717) is 40.9 Å². The normalized spacial score (nSPS) is 15.6. The van der Waals surface area contributed by atoms with Gasteiger partial charge in [-0.05, 0) is 74.0 Å². The van der Waals surface area contributed by atoms with Crippen molar-refractivity contribution < 1.29 is 35.6 Å². The second-order valence-electron chi connectivity index (χ2n) is 13.5. The molecule has 0 bridgehead atoms. The van der Waals surface area contributed by atoms with E-state index in [1.807, 2.05) is 19.2 Å². The molecule has 0 radical (unpaired) electrons. The van der Waals surface area contributed by atoms with Crippen molar-refractivity contribution in [2.75, 3.05) is 64.7 Å². The lowest BCUT2D eigenvalue weighted by Gasteiger charge is -2.38. The lowest BCUT2D eigenvalue weighted by atomic mass is 10.0. The average molecular weight is 784 g/mol. The summed E-state index contributed by atoms with van der Waals surface area (Å²) in [6.07, 6.45) is -1.11. The largest absolute Gasteiger partial charge is 0.421 e. The SMILES string of the molecule is CN(Cc1ccc(N2CCC(=O)NC2=O)cc1F)C1CCN(c2ccc(Nc3ncc(C(F)(F)F)c(NCc4cccc(N(C)S(C)(=O)=O)c4)n3)cc2)CC1. The molecular formula is C37H41F4N9O4S. The Morgan fingerprint density at radius 1 is 0.964 bits per heavy atom. The van der Waals surface area contributed by atoms with Gasteiger partial charge in [0.25, 0.3) is 0 Å². The minimum atomic E-state index is -4.72. The van der Waals surface area contributed by atoms with E-state index in [9.17, 15) is 31.2 Å². The van der Waals surface area contributed by atoms with Gasteiger partial charge in [0.1, 0.15) is 17.2 Å². The number of amides is 3. The molecule has 2 aliphatic heterocycles. The molecule has 292 valence electrons. The van der Waals surface area contributed by atoms with Crippen molar-refractivity contribution in [1.29, 1.82) is 0 Å². The number of urea groups is 1. The molecule has 3 heterocycles. The monoisotopic (exact) mass is 783 g/mol. The van der Waals surface area contributed by atoms with Crippen LogP contribution in [0.15, 0.2) is 72.9 Å².